The summed E-state index contributed by atoms with van der Waals surface area (Å²) >= 11 is 0. The van der Waals surface area contributed by atoms with Crippen LogP contribution in [0, 0.1) is 17.5 Å². The zero-order valence-electron chi connectivity index (χ0n) is 15.2. The minimum absolute atomic E-state index is 0.427. The number of carbonyl (C=O) groups excluding carboxylic acids is 2. The molecule has 0 aliphatic carbocycles. The summed E-state index contributed by atoms with van der Waals surface area (Å²) in [5.41, 5.74) is 0.970. The highest BCUT2D eigenvalue weighted by atomic mass is 19.2. The van der Waals surface area contributed by atoms with Gasteiger partial charge in [0.25, 0.3) is 0 Å². The van der Waals surface area contributed by atoms with Crippen LogP contribution >= 0.6 is 0 Å². The van der Waals surface area contributed by atoms with Crippen molar-refractivity contribution in [3.05, 3.63) is 101 Å². The largest absolute Gasteiger partial charge is 0.346 e. The Labute approximate surface area is 165 Å². The van der Waals surface area contributed by atoms with Crippen molar-refractivity contribution in [1.82, 2.24) is 5.32 Å². The Kier molecular flexibility index (Phi) is 6.29. The lowest BCUT2D eigenvalue weighted by Crippen LogP contribution is -2.36. The molecule has 29 heavy (non-hydrogen) atoms. The molecule has 0 bridgehead atoms. The number of benzene rings is 3. The summed E-state index contributed by atoms with van der Waals surface area (Å²) in [5, 5.41) is 4.62. The first kappa shape index (κ1) is 20.1. The van der Waals surface area contributed by atoms with Gasteiger partial charge in [-0.1, -0.05) is 60.7 Å². The van der Waals surface area contributed by atoms with Gasteiger partial charge in [0.05, 0.1) is 18.2 Å². The highest BCUT2D eigenvalue weighted by Gasteiger charge is 2.23. The summed E-state index contributed by atoms with van der Waals surface area (Å²) in [6.07, 6.45) is 0. The molecular formula is C22H17F3N2O2. The van der Waals surface area contributed by atoms with Crippen LogP contribution in [-0.4, -0.2) is 18.4 Å². The molecule has 3 rings (SSSR count). The molecule has 0 saturated heterocycles. The lowest BCUT2D eigenvalue weighted by atomic mass is 9.90. The van der Waals surface area contributed by atoms with Crippen LogP contribution in [0.1, 0.15) is 17.0 Å². The quantitative estimate of drug-likeness (QED) is 0.617. The van der Waals surface area contributed by atoms with E-state index in [1.807, 2.05) is 12.1 Å². The number of anilines is 1. The van der Waals surface area contributed by atoms with Crippen molar-refractivity contribution in [2.75, 3.05) is 11.9 Å². The molecule has 4 nitrogen and oxygen atoms in total. The van der Waals surface area contributed by atoms with E-state index < -0.39 is 47.4 Å². The summed E-state index contributed by atoms with van der Waals surface area (Å²) in [6.45, 7) is -0.465. The summed E-state index contributed by atoms with van der Waals surface area (Å²) < 4.78 is 39.9. The minimum Gasteiger partial charge on any atom is -0.346 e. The lowest BCUT2D eigenvalue weighted by Gasteiger charge is -2.18. The van der Waals surface area contributed by atoms with Crippen LogP contribution in [0.3, 0.4) is 0 Å². The lowest BCUT2D eigenvalue weighted by molar-refractivity contribution is -0.124. The fourth-order valence-corrected chi connectivity index (χ4v) is 2.87. The summed E-state index contributed by atoms with van der Waals surface area (Å²) in [6, 6.07) is 19.7. The Morgan fingerprint density at radius 2 is 1.31 bits per heavy atom. The van der Waals surface area contributed by atoms with Crippen LogP contribution in [0.25, 0.3) is 0 Å². The molecule has 2 N–H and O–H groups in total. The maximum Gasteiger partial charge on any atom is 0.243 e. The van der Waals surface area contributed by atoms with Crippen molar-refractivity contribution in [3.8, 4) is 0 Å². The predicted octanol–water partition coefficient (Wildman–Crippen LogP) is 3.99. The molecule has 0 aliphatic heterocycles. The maximum atomic E-state index is 13.7. The second-order valence-electron chi connectivity index (χ2n) is 6.24. The zero-order chi connectivity index (χ0) is 20.8. The number of hydrogen-bond acceptors (Lipinski definition) is 2. The predicted molar refractivity (Wildman–Crippen MR) is 103 cm³/mol. The molecule has 0 atom stereocenters. The van der Waals surface area contributed by atoms with Gasteiger partial charge in [-0.15, -0.1) is 0 Å². The second-order valence-corrected chi connectivity index (χ2v) is 6.24. The average Bonchev–Trinajstić information content (AvgIpc) is 2.74. The highest BCUT2D eigenvalue weighted by Crippen LogP contribution is 2.24. The average molecular weight is 398 g/mol. The fraction of sp³-hybridized carbons (Fsp3) is 0.0909. The molecule has 148 valence electrons. The second kappa shape index (κ2) is 9.05. The number of amides is 2. The Bertz CT molecular complexity index is 972. The van der Waals surface area contributed by atoms with Crippen molar-refractivity contribution in [2.45, 2.75) is 5.92 Å². The van der Waals surface area contributed by atoms with Crippen LogP contribution in [0.15, 0.2) is 72.8 Å². The number of halogens is 3. The molecule has 0 spiro atoms. The standard InChI is InChI=1S/C22H17F3N2O2/c23-16-11-12-17(21(25)20(16)24)27-18(28)13-26-22(29)19(14-7-3-1-4-8-14)15-9-5-2-6-10-15/h1-12,19H,13H2,(H,26,29)(H,27,28). The normalized spacial score (nSPS) is 10.6. The zero-order valence-corrected chi connectivity index (χ0v) is 15.2. The van der Waals surface area contributed by atoms with Crippen LogP contribution in [0.4, 0.5) is 18.9 Å². The van der Waals surface area contributed by atoms with E-state index in [0.717, 1.165) is 17.2 Å². The van der Waals surface area contributed by atoms with Crippen LogP contribution in [0.5, 0.6) is 0 Å². The number of rotatable bonds is 6. The van der Waals surface area contributed by atoms with Gasteiger partial charge in [0, 0.05) is 0 Å². The molecule has 0 unspecified atom stereocenters. The third-order valence-electron chi connectivity index (χ3n) is 4.26. The van der Waals surface area contributed by atoms with E-state index >= 15 is 0 Å². The molecule has 0 fully saturated rings. The van der Waals surface area contributed by atoms with Gasteiger partial charge in [-0.25, -0.2) is 13.2 Å². The first-order valence-electron chi connectivity index (χ1n) is 8.78. The van der Waals surface area contributed by atoms with Gasteiger partial charge in [-0.3, -0.25) is 9.59 Å². The van der Waals surface area contributed by atoms with Gasteiger partial charge >= 0.3 is 0 Å². The Morgan fingerprint density at radius 3 is 1.86 bits per heavy atom. The van der Waals surface area contributed by atoms with Gasteiger partial charge in [-0.2, -0.15) is 0 Å². The van der Waals surface area contributed by atoms with Crippen molar-refractivity contribution < 1.29 is 22.8 Å². The topological polar surface area (TPSA) is 58.2 Å². The molecule has 3 aromatic carbocycles. The summed E-state index contributed by atoms with van der Waals surface area (Å²) in [7, 11) is 0. The van der Waals surface area contributed by atoms with Crippen LogP contribution < -0.4 is 10.6 Å². The molecule has 0 saturated carbocycles. The van der Waals surface area contributed by atoms with E-state index in [1.54, 1.807) is 48.5 Å². The SMILES string of the molecule is O=C(CNC(=O)C(c1ccccc1)c1ccccc1)Nc1ccc(F)c(F)c1F. The first-order valence-corrected chi connectivity index (χ1v) is 8.78. The van der Waals surface area contributed by atoms with E-state index in [-0.39, 0.29) is 0 Å². The number of carbonyl (C=O) groups is 2. The Morgan fingerprint density at radius 1 is 0.759 bits per heavy atom. The van der Waals surface area contributed by atoms with E-state index in [2.05, 4.69) is 10.6 Å². The molecular weight excluding hydrogens is 381 g/mol. The molecule has 3 aromatic rings. The van der Waals surface area contributed by atoms with Crippen molar-refractivity contribution >= 4 is 17.5 Å². The fourth-order valence-electron chi connectivity index (χ4n) is 2.87. The summed E-state index contributed by atoms with van der Waals surface area (Å²) in [5.74, 6) is -6.39. The van der Waals surface area contributed by atoms with Crippen LogP contribution in [-0.2, 0) is 9.59 Å². The van der Waals surface area contributed by atoms with Crippen molar-refractivity contribution in [3.63, 3.8) is 0 Å². The molecule has 2 amide bonds. The third-order valence-corrected chi connectivity index (χ3v) is 4.26. The highest BCUT2D eigenvalue weighted by molar-refractivity contribution is 5.96. The maximum absolute atomic E-state index is 13.7. The van der Waals surface area contributed by atoms with Gasteiger partial charge < -0.3 is 10.6 Å². The van der Waals surface area contributed by atoms with Gasteiger partial charge in [-0.05, 0) is 23.3 Å². The molecule has 0 heterocycles. The Balaban J connectivity index is 1.71. The number of hydrogen-bond donors (Lipinski definition) is 2. The van der Waals surface area contributed by atoms with E-state index in [0.29, 0.717) is 6.07 Å². The van der Waals surface area contributed by atoms with E-state index in [1.165, 1.54) is 0 Å². The van der Waals surface area contributed by atoms with Crippen molar-refractivity contribution in [1.29, 1.82) is 0 Å². The number of nitrogens with one attached hydrogen (secondary N) is 2. The molecule has 7 heteroatoms. The first-order chi connectivity index (χ1) is 14.0. The van der Waals surface area contributed by atoms with Crippen molar-refractivity contribution in [2.24, 2.45) is 0 Å². The monoisotopic (exact) mass is 398 g/mol. The Hall–Kier alpha value is -3.61. The van der Waals surface area contributed by atoms with E-state index in [9.17, 15) is 22.8 Å². The third kappa shape index (κ3) is 4.82. The smallest absolute Gasteiger partial charge is 0.243 e. The van der Waals surface area contributed by atoms with Gasteiger partial charge in [0.1, 0.15) is 0 Å². The summed E-state index contributed by atoms with van der Waals surface area (Å²) in [4.78, 5) is 24.8. The van der Waals surface area contributed by atoms with Crippen LogP contribution in [0.2, 0.25) is 0 Å². The molecule has 0 aliphatic rings. The minimum atomic E-state index is -1.68. The molecule has 0 aromatic heterocycles. The van der Waals surface area contributed by atoms with E-state index in [4.69, 9.17) is 0 Å². The van der Waals surface area contributed by atoms with Gasteiger partial charge in [0.2, 0.25) is 11.8 Å². The van der Waals surface area contributed by atoms with Gasteiger partial charge in [0.15, 0.2) is 17.5 Å². The molecule has 0 radical (unpaired) electrons.